The van der Waals surface area contributed by atoms with Crippen LogP contribution in [0.4, 0.5) is 21.6 Å². The SMILES string of the molecule is CNc1cc(F)cc(-c2c[nH]c(=O)c(NC(=O)c3ccc(N4CCC[C@H]4CN4CCCC4)cc3)c2)n1. The van der Waals surface area contributed by atoms with E-state index in [1.54, 1.807) is 19.2 Å². The first-order chi connectivity index (χ1) is 17.5. The summed E-state index contributed by atoms with van der Waals surface area (Å²) in [6.45, 7) is 4.50. The highest BCUT2D eigenvalue weighted by atomic mass is 19.1. The van der Waals surface area contributed by atoms with Crippen molar-refractivity contribution < 1.29 is 9.18 Å². The number of anilines is 3. The second-order valence-electron chi connectivity index (χ2n) is 9.44. The number of benzene rings is 1. The van der Waals surface area contributed by atoms with Crippen molar-refractivity contribution in [1.82, 2.24) is 14.9 Å². The van der Waals surface area contributed by atoms with Crippen molar-refractivity contribution in [3.8, 4) is 11.3 Å². The fraction of sp³-hybridized carbons (Fsp3) is 0.370. The summed E-state index contributed by atoms with van der Waals surface area (Å²) in [7, 11) is 1.65. The van der Waals surface area contributed by atoms with Gasteiger partial charge in [0.05, 0.1) is 5.69 Å². The van der Waals surface area contributed by atoms with E-state index in [1.807, 2.05) is 12.1 Å². The summed E-state index contributed by atoms with van der Waals surface area (Å²) in [6, 6.07) is 12.1. The number of hydrogen-bond acceptors (Lipinski definition) is 6. The van der Waals surface area contributed by atoms with Gasteiger partial charge in [-0.25, -0.2) is 9.37 Å². The average molecular weight is 491 g/mol. The molecule has 0 saturated carbocycles. The number of halogens is 1. The normalized spacial score (nSPS) is 17.9. The van der Waals surface area contributed by atoms with Crippen LogP contribution in [-0.2, 0) is 0 Å². The summed E-state index contributed by atoms with van der Waals surface area (Å²) in [4.78, 5) is 37.2. The van der Waals surface area contributed by atoms with Crippen LogP contribution in [0.15, 0.2) is 53.5 Å². The largest absolute Gasteiger partial charge is 0.373 e. The third-order valence-electron chi connectivity index (χ3n) is 7.00. The van der Waals surface area contributed by atoms with Crippen molar-refractivity contribution in [3.05, 3.63) is 70.4 Å². The Morgan fingerprint density at radius 3 is 2.64 bits per heavy atom. The first kappa shape index (κ1) is 24.0. The van der Waals surface area contributed by atoms with Gasteiger partial charge in [-0.2, -0.15) is 0 Å². The fourth-order valence-corrected chi connectivity index (χ4v) is 5.13. The third-order valence-corrected chi connectivity index (χ3v) is 7.00. The molecule has 3 aromatic rings. The highest BCUT2D eigenvalue weighted by Crippen LogP contribution is 2.27. The zero-order chi connectivity index (χ0) is 25.1. The number of aromatic nitrogens is 2. The molecular weight excluding hydrogens is 459 g/mol. The van der Waals surface area contributed by atoms with E-state index >= 15 is 0 Å². The Bertz CT molecular complexity index is 1290. The Hall–Kier alpha value is -3.72. The van der Waals surface area contributed by atoms with Crippen molar-refractivity contribution in [2.75, 3.05) is 48.8 Å². The zero-order valence-corrected chi connectivity index (χ0v) is 20.4. The molecule has 1 amide bonds. The van der Waals surface area contributed by atoms with Gasteiger partial charge in [-0.1, -0.05) is 0 Å². The number of nitrogens with one attached hydrogen (secondary N) is 3. The van der Waals surface area contributed by atoms with E-state index in [2.05, 4.69) is 30.4 Å². The van der Waals surface area contributed by atoms with Crippen LogP contribution in [0.1, 0.15) is 36.0 Å². The molecule has 0 unspecified atom stereocenters. The first-order valence-corrected chi connectivity index (χ1v) is 12.5. The van der Waals surface area contributed by atoms with Crippen LogP contribution in [0.5, 0.6) is 0 Å². The van der Waals surface area contributed by atoms with Crippen LogP contribution in [0.3, 0.4) is 0 Å². The number of nitrogens with zero attached hydrogens (tertiary/aromatic N) is 3. The molecule has 3 N–H and O–H groups in total. The van der Waals surface area contributed by atoms with Gasteiger partial charge in [0.1, 0.15) is 17.3 Å². The molecule has 0 spiro atoms. The van der Waals surface area contributed by atoms with Crippen LogP contribution in [0, 0.1) is 5.82 Å². The van der Waals surface area contributed by atoms with E-state index < -0.39 is 11.4 Å². The van der Waals surface area contributed by atoms with Gasteiger partial charge in [0.15, 0.2) is 0 Å². The number of carbonyl (C=O) groups excluding carboxylic acids is 1. The number of likely N-dealkylation sites (tertiary alicyclic amines) is 1. The van der Waals surface area contributed by atoms with Gasteiger partial charge < -0.3 is 25.4 Å². The molecule has 1 atom stereocenters. The number of amides is 1. The average Bonchev–Trinajstić information content (AvgIpc) is 3.57. The van der Waals surface area contributed by atoms with Gasteiger partial charge in [-0.3, -0.25) is 9.59 Å². The Kier molecular flexibility index (Phi) is 6.99. The quantitative estimate of drug-likeness (QED) is 0.465. The summed E-state index contributed by atoms with van der Waals surface area (Å²) in [5.74, 6) is -0.480. The predicted octanol–water partition coefficient (Wildman–Crippen LogP) is 3.93. The third kappa shape index (κ3) is 5.26. The van der Waals surface area contributed by atoms with Gasteiger partial charge in [-0.05, 0) is 69.1 Å². The van der Waals surface area contributed by atoms with Gasteiger partial charge in [-0.15, -0.1) is 0 Å². The van der Waals surface area contributed by atoms with E-state index in [9.17, 15) is 14.0 Å². The van der Waals surface area contributed by atoms with Crippen molar-refractivity contribution in [1.29, 1.82) is 0 Å². The summed E-state index contributed by atoms with van der Waals surface area (Å²) in [5.41, 5.74) is 2.02. The van der Waals surface area contributed by atoms with Gasteiger partial charge in [0.25, 0.3) is 11.5 Å². The monoisotopic (exact) mass is 490 g/mol. The number of carbonyl (C=O) groups is 1. The van der Waals surface area contributed by atoms with Crippen LogP contribution in [0.25, 0.3) is 11.3 Å². The summed E-state index contributed by atoms with van der Waals surface area (Å²) >= 11 is 0. The molecule has 36 heavy (non-hydrogen) atoms. The topological polar surface area (TPSA) is 93.4 Å². The molecule has 0 radical (unpaired) electrons. The number of hydrogen-bond donors (Lipinski definition) is 3. The first-order valence-electron chi connectivity index (χ1n) is 12.5. The Morgan fingerprint density at radius 1 is 1.11 bits per heavy atom. The molecule has 2 aromatic heterocycles. The van der Waals surface area contributed by atoms with E-state index in [0.29, 0.717) is 28.7 Å². The number of H-pyrrole nitrogens is 1. The van der Waals surface area contributed by atoms with Crippen molar-refractivity contribution in [2.24, 2.45) is 0 Å². The minimum absolute atomic E-state index is 0.0730. The van der Waals surface area contributed by atoms with E-state index in [-0.39, 0.29) is 11.6 Å². The highest BCUT2D eigenvalue weighted by Gasteiger charge is 2.27. The smallest absolute Gasteiger partial charge is 0.271 e. The molecule has 188 valence electrons. The molecule has 1 aromatic carbocycles. The minimum Gasteiger partial charge on any atom is -0.373 e. The van der Waals surface area contributed by atoms with Crippen LogP contribution in [0.2, 0.25) is 0 Å². The molecule has 2 aliphatic heterocycles. The lowest BCUT2D eigenvalue weighted by atomic mass is 10.1. The van der Waals surface area contributed by atoms with E-state index in [1.165, 1.54) is 63.2 Å². The molecule has 0 bridgehead atoms. The number of pyridine rings is 2. The molecule has 8 nitrogen and oxygen atoms in total. The summed E-state index contributed by atoms with van der Waals surface area (Å²) in [6.07, 6.45) is 6.39. The standard InChI is InChI=1S/C27H31FN6O2/c1-29-25-15-20(28)14-23(31-25)19-13-24(27(36)30-16-19)32-26(35)18-6-8-21(9-7-18)34-12-4-5-22(34)17-33-10-2-3-11-33/h6-9,13-16,22H,2-5,10-12,17H2,1H3,(H,29,31)(H,30,36)(H,32,35)/t22-/m0/s1. The van der Waals surface area contributed by atoms with Crippen molar-refractivity contribution in [2.45, 2.75) is 31.7 Å². The molecule has 4 heterocycles. The maximum atomic E-state index is 14.0. The van der Waals surface area contributed by atoms with Gasteiger partial charge in [0.2, 0.25) is 0 Å². The van der Waals surface area contributed by atoms with Crippen LogP contribution < -0.4 is 21.1 Å². The van der Waals surface area contributed by atoms with Crippen molar-refractivity contribution >= 4 is 23.1 Å². The molecule has 0 aliphatic carbocycles. The maximum Gasteiger partial charge on any atom is 0.271 e. The summed E-state index contributed by atoms with van der Waals surface area (Å²) in [5, 5.41) is 5.49. The second kappa shape index (κ2) is 10.5. The van der Waals surface area contributed by atoms with E-state index in [0.717, 1.165) is 18.8 Å². The van der Waals surface area contributed by atoms with Crippen LogP contribution >= 0.6 is 0 Å². The van der Waals surface area contributed by atoms with Crippen molar-refractivity contribution in [3.63, 3.8) is 0 Å². The summed E-state index contributed by atoms with van der Waals surface area (Å²) < 4.78 is 14.0. The predicted molar refractivity (Wildman–Crippen MR) is 140 cm³/mol. The maximum absolute atomic E-state index is 14.0. The molecule has 2 aliphatic rings. The van der Waals surface area contributed by atoms with Gasteiger partial charge in [0, 0.05) is 61.3 Å². The fourth-order valence-electron chi connectivity index (χ4n) is 5.13. The molecule has 2 fully saturated rings. The number of rotatable bonds is 7. The second-order valence-corrected chi connectivity index (χ2v) is 9.44. The molecular formula is C27H31FN6O2. The Morgan fingerprint density at radius 2 is 1.89 bits per heavy atom. The Balaban J connectivity index is 1.29. The zero-order valence-electron chi connectivity index (χ0n) is 20.4. The van der Waals surface area contributed by atoms with Gasteiger partial charge >= 0.3 is 0 Å². The van der Waals surface area contributed by atoms with E-state index in [4.69, 9.17) is 0 Å². The number of aromatic amines is 1. The molecule has 9 heteroatoms. The van der Waals surface area contributed by atoms with Crippen LogP contribution in [-0.4, -0.2) is 60.0 Å². The highest BCUT2D eigenvalue weighted by molar-refractivity contribution is 6.04. The molecule has 2 saturated heterocycles. The molecule has 5 rings (SSSR count). The lowest BCUT2D eigenvalue weighted by Gasteiger charge is -2.30. The lowest BCUT2D eigenvalue weighted by molar-refractivity contribution is 0.102. The Labute approximate surface area is 209 Å². The minimum atomic E-state index is -0.457. The lowest BCUT2D eigenvalue weighted by Crippen LogP contribution is -2.39.